The molecule has 0 spiro atoms. The minimum Gasteiger partial charge on any atom is -0.395 e. The maximum atomic E-state index is 12.5. The van der Waals surface area contributed by atoms with Crippen LogP contribution in [0.25, 0.3) is 0 Å². The number of hydrogen-bond donors (Lipinski definition) is 1. The molecule has 4 nitrogen and oxygen atoms in total. The Kier molecular flexibility index (Phi) is 5.85. The minimum absolute atomic E-state index is 0.169. The third-order valence-corrected chi connectivity index (χ3v) is 5.24. The molecular weight excluding hydrogens is 252 g/mol. The summed E-state index contributed by atoms with van der Waals surface area (Å²) in [6.45, 7) is 2.82. The zero-order valence-corrected chi connectivity index (χ0v) is 13.1. The number of amides is 1. The van der Waals surface area contributed by atoms with E-state index in [0.29, 0.717) is 18.6 Å². The van der Waals surface area contributed by atoms with Crippen molar-refractivity contribution in [3.05, 3.63) is 0 Å². The average Bonchev–Trinajstić information content (AvgIpc) is 2.49. The van der Waals surface area contributed by atoms with Gasteiger partial charge >= 0.3 is 0 Å². The van der Waals surface area contributed by atoms with Gasteiger partial charge in [-0.15, -0.1) is 0 Å². The maximum absolute atomic E-state index is 12.5. The van der Waals surface area contributed by atoms with E-state index in [1.165, 1.54) is 19.3 Å². The van der Waals surface area contributed by atoms with E-state index in [1.807, 2.05) is 11.9 Å². The molecule has 116 valence electrons. The molecule has 1 saturated carbocycles. The molecule has 0 aromatic carbocycles. The van der Waals surface area contributed by atoms with Crippen molar-refractivity contribution in [1.29, 1.82) is 0 Å². The monoisotopic (exact) mass is 282 g/mol. The summed E-state index contributed by atoms with van der Waals surface area (Å²) in [7, 11) is 1.96. The molecule has 1 N–H and O–H groups in total. The molecule has 1 amide bonds. The first kappa shape index (κ1) is 15.8. The van der Waals surface area contributed by atoms with E-state index in [1.54, 1.807) is 0 Å². The second kappa shape index (κ2) is 7.41. The number of nitrogens with zero attached hydrogens (tertiary/aromatic N) is 2. The molecule has 1 saturated heterocycles. The standard InChI is InChI=1S/C16H30N2O2/c1-13-7-6-10-15(12-19)18(13)11-16(20)17(2)14-8-4-3-5-9-14/h13-15,19H,3-12H2,1-2H3. The third-order valence-electron chi connectivity index (χ3n) is 5.24. The molecule has 2 aliphatic rings. The van der Waals surface area contributed by atoms with Crippen molar-refractivity contribution >= 4 is 5.91 Å². The molecule has 2 fully saturated rings. The molecule has 0 aromatic rings. The lowest BCUT2D eigenvalue weighted by Crippen LogP contribution is -2.52. The number of likely N-dealkylation sites (tertiary alicyclic amines) is 1. The number of rotatable bonds is 4. The van der Waals surface area contributed by atoms with E-state index in [-0.39, 0.29) is 18.6 Å². The second-order valence-electron chi connectivity index (χ2n) is 6.59. The van der Waals surface area contributed by atoms with E-state index in [4.69, 9.17) is 0 Å². The van der Waals surface area contributed by atoms with Crippen LogP contribution in [-0.4, -0.2) is 59.1 Å². The van der Waals surface area contributed by atoms with Gasteiger partial charge in [0.1, 0.15) is 0 Å². The molecule has 2 rings (SSSR count). The zero-order chi connectivity index (χ0) is 14.5. The molecule has 1 aliphatic heterocycles. The quantitative estimate of drug-likeness (QED) is 0.858. The van der Waals surface area contributed by atoms with Gasteiger partial charge in [0.25, 0.3) is 0 Å². The zero-order valence-electron chi connectivity index (χ0n) is 13.1. The first-order chi connectivity index (χ1) is 9.63. The molecule has 1 heterocycles. The van der Waals surface area contributed by atoms with Gasteiger partial charge in [-0.1, -0.05) is 25.7 Å². The van der Waals surface area contributed by atoms with Gasteiger partial charge in [0.05, 0.1) is 13.2 Å². The summed E-state index contributed by atoms with van der Waals surface area (Å²) >= 11 is 0. The Morgan fingerprint density at radius 1 is 1.15 bits per heavy atom. The lowest BCUT2D eigenvalue weighted by atomic mass is 9.94. The predicted octanol–water partition coefficient (Wildman–Crippen LogP) is 2.01. The molecule has 2 unspecified atom stereocenters. The van der Waals surface area contributed by atoms with Gasteiger partial charge in [-0.25, -0.2) is 0 Å². The van der Waals surface area contributed by atoms with Crippen molar-refractivity contribution in [2.75, 3.05) is 20.2 Å². The summed E-state index contributed by atoms with van der Waals surface area (Å²) in [5.74, 6) is 0.226. The number of hydrogen-bond acceptors (Lipinski definition) is 3. The number of carbonyl (C=O) groups is 1. The molecule has 0 aromatic heterocycles. The Balaban J connectivity index is 1.91. The van der Waals surface area contributed by atoms with E-state index >= 15 is 0 Å². The van der Waals surface area contributed by atoms with Crippen LogP contribution in [0.5, 0.6) is 0 Å². The van der Waals surface area contributed by atoms with Crippen LogP contribution in [0.2, 0.25) is 0 Å². The van der Waals surface area contributed by atoms with Gasteiger partial charge in [0.15, 0.2) is 0 Å². The fourth-order valence-electron chi connectivity index (χ4n) is 3.76. The molecule has 20 heavy (non-hydrogen) atoms. The molecule has 4 heteroatoms. The lowest BCUT2D eigenvalue weighted by molar-refractivity contribution is -0.136. The van der Waals surface area contributed by atoms with Crippen LogP contribution in [-0.2, 0) is 4.79 Å². The summed E-state index contributed by atoms with van der Waals surface area (Å²) in [4.78, 5) is 16.7. The highest BCUT2D eigenvalue weighted by atomic mass is 16.3. The van der Waals surface area contributed by atoms with Gasteiger partial charge in [0.2, 0.25) is 5.91 Å². The topological polar surface area (TPSA) is 43.8 Å². The molecule has 2 atom stereocenters. The fraction of sp³-hybridized carbons (Fsp3) is 0.938. The number of piperidine rings is 1. The van der Waals surface area contributed by atoms with Crippen molar-refractivity contribution in [3.8, 4) is 0 Å². The van der Waals surface area contributed by atoms with Crippen LogP contribution < -0.4 is 0 Å². The summed E-state index contributed by atoms with van der Waals surface area (Å²) in [6.07, 6.45) is 9.44. The normalized spacial score (nSPS) is 29.4. The third kappa shape index (κ3) is 3.73. The Morgan fingerprint density at radius 2 is 1.85 bits per heavy atom. The fourth-order valence-corrected chi connectivity index (χ4v) is 3.76. The predicted molar refractivity (Wildman–Crippen MR) is 80.5 cm³/mol. The summed E-state index contributed by atoms with van der Waals surface area (Å²) in [6, 6.07) is 1.01. The Bertz CT molecular complexity index is 316. The van der Waals surface area contributed by atoms with E-state index < -0.39 is 0 Å². The van der Waals surface area contributed by atoms with E-state index in [0.717, 1.165) is 32.1 Å². The SMILES string of the molecule is CC1CCCC(CO)N1CC(=O)N(C)C1CCCCC1. The molecular formula is C16H30N2O2. The largest absolute Gasteiger partial charge is 0.395 e. The van der Waals surface area contributed by atoms with Gasteiger partial charge < -0.3 is 10.0 Å². The van der Waals surface area contributed by atoms with E-state index in [9.17, 15) is 9.90 Å². The highest BCUT2D eigenvalue weighted by molar-refractivity contribution is 5.78. The van der Waals surface area contributed by atoms with Crippen LogP contribution in [0.4, 0.5) is 0 Å². The smallest absolute Gasteiger partial charge is 0.236 e. The van der Waals surface area contributed by atoms with Gasteiger partial charge in [-0.2, -0.15) is 0 Å². The van der Waals surface area contributed by atoms with Crippen LogP contribution in [0.1, 0.15) is 58.3 Å². The number of likely N-dealkylation sites (N-methyl/N-ethyl adjacent to an activating group) is 1. The maximum Gasteiger partial charge on any atom is 0.236 e. The Labute approximate surface area is 123 Å². The Morgan fingerprint density at radius 3 is 2.50 bits per heavy atom. The summed E-state index contributed by atoms with van der Waals surface area (Å²) in [5, 5.41) is 9.51. The Hall–Kier alpha value is -0.610. The molecule has 0 radical (unpaired) electrons. The van der Waals surface area contributed by atoms with Crippen LogP contribution >= 0.6 is 0 Å². The highest BCUT2D eigenvalue weighted by Crippen LogP contribution is 2.24. The van der Waals surface area contributed by atoms with Gasteiger partial charge in [-0.3, -0.25) is 9.69 Å². The average molecular weight is 282 g/mol. The van der Waals surface area contributed by atoms with Crippen molar-refractivity contribution in [2.24, 2.45) is 0 Å². The number of carbonyl (C=O) groups excluding carboxylic acids is 1. The minimum atomic E-state index is 0.169. The van der Waals surface area contributed by atoms with Crippen LogP contribution in [0, 0.1) is 0 Å². The molecule has 0 bridgehead atoms. The summed E-state index contributed by atoms with van der Waals surface area (Å²) in [5.41, 5.74) is 0. The van der Waals surface area contributed by atoms with Crippen molar-refractivity contribution in [2.45, 2.75) is 76.4 Å². The van der Waals surface area contributed by atoms with Crippen molar-refractivity contribution < 1.29 is 9.90 Å². The van der Waals surface area contributed by atoms with Crippen LogP contribution in [0.15, 0.2) is 0 Å². The van der Waals surface area contributed by atoms with Gasteiger partial charge in [0, 0.05) is 25.2 Å². The van der Waals surface area contributed by atoms with Gasteiger partial charge in [-0.05, 0) is 32.6 Å². The molecule has 1 aliphatic carbocycles. The first-order valence-corrected chi connectivity index (χ1v) is 8.25. The highest BCUT2D eigenvalue weighted by Gasteiger charge is 2.31. The second-order valence-corrected chi connectivity index (χ2v) is 6.59. The first-order valence-electron chi connectivity index (χ1n) is 8.25. The lowest BCUT2D eigenvalue weighted by Gasteiger charge is -2.41. The number of aliphatic hydroxyl groups excluding tert-OH is 1. The van der Waals surface area contributed by atoms with Crippen molar-refractivity contribution in [1.82, 2.24) is 9.80 Å². The van der Waals surface area contributed by atoms with Crippen molar-refractivity contribution in [3.63, 3.8) is 0 Å². The number of aliphatic hydroxyl groups is 1. The summed E-state index contributed by atoms with van der Waals surface area (Å²) < 4.78 is 0. The van der Waals surface area contributed by atoms with E-state index in [2.05, 4.69) is 11.8 Å². The van der Waals surface area contributed by atoms with Crippen LogP contribution in [0.3, 0.4) is 0 Å².